The summed E-state index contributed by atoms with van der Waals surface area (Å²) in [6.45, 7) is 7.08. The van der Waals surface area contributed by atoms with Crippen molar-refractivity contribution in [3.63, 3.8) is 0 Å². The van der Waals surface area contributed by atoms with Crippen LogP contribution in [0.2, 0.25) is 0 Å². The molecule has 32 heavy (non-hydrogen) atoms. The summed E-state index contributed by atoms with van der Waals surface area (Å²) >= 11 is 0. The van der Waals surface area contributed by atoms with E-state index in [1.54, 1.807) is 45.9 Å². The molecule has 0 aromatic rings. The van der Waals surface area contributed by atoms with E-state index in [1.165, 1.54) is 12.2 Å². The molecule has 8 heteroatoms. The van der Waals surface area contributed by atoms with Gasteiger partial charge in [-0.15, -0.1) is 0 Å². The highest BCUT2D eigenvalue weighted by molar-refractivity contribution is 6.07. The maximum Gasteiger partial charge on any atom is 0.392 e. The maximum absolute atomic E-state index is 12.3. The fourth-order valence-electron chi connectivity index (χ4n) is 3.03. The van der Waals surface area contributed by atoms with Gasteiger partial charge in [-0.25, -0.2) is 4.79 Å². The Hall–Kier alpha value is -2.19. The minimum absolute atomic E-state index is 0.0512. The van der Waals surface area contributed by atoms with E-state index in [4.69, 9.17) is 9.47 Å². The quantitative estimate of drug-likeness (QED) is 0.196. The number of ketones is 1. The molecule has 0 spiro atoms. The molecule has 0 aromatic heterocycles. The van der Waals surface area contributed by atoms with Crippen LogP contribution in [0.3, 0.4) is 0 Å². The third-order valence-electron chi connectivity index (χ3n) is 4.78. The number of carbonyl (C=O) groups is 2. The van der Waals surface area contributed by atoms with Crippen LogP contribution < -0.4 is 0 Å². The molecule has 0 fully saturated rings. The lowest BCUT2D eigenvalue weighted by Gasteiger charge is -2.28. The number of halogens is 3. The van der Waals surface area contributed by atoms with E-state index in [0.717, 1.165) is 6.08 Å². The van der Waals surface area contributed by atoms with Crippen LogP contribution in [0.25, 0.3) is 0 Å². The minimum atomic E-state index is -4.27. The Balaban J connectivity index is 2.59. The van der Waals surface area contributed by atoms with Crippen molar-refractivity contribution in [1.29, 1.82) is 0 Å². The van der Waals surface area contributed by atoms with Crippen LogP contribution >= 0.6 is 0 Å². The van der Waals surface area contributed by atoms with Gasteiger partial charge in [0.05, 0.1) is 25.2 Å². The molecule has 0 saturated carbocycles. The standard InChI is InChI=1S/C24H33F3O5/c1-17(2)32-22(30)16-31-14-8-6-9-18-11-12-20(28)19(18)15-23(3,4)21(29)10-5-7-13-24(25,26)27/h5-8,11-12,15,17-18,21,29H,9-10,13-14,16H2,1-4H3. The topological polar surface area (TPSA) is 72.8 Å². The summed E-state index contributed by atoms with van der Waals surface area (Å²) in [6, 6.07) is 0. The Kier molecular flexibility index (Phi) is 11.1. The van der Waals surface area contributed by atoms with Gasteiger partial charge >= 0.3 is 12.1 Å². The van der Waals surface area contributed by atoms with Crippen LogP contribution in [0.15, 0.2) is 48.1 Å². The van der Waals surface area contributed by atoms with Crippen LogP contribution in [-0.2, 0) is 19.1 Å². The number of aliphatic hydroxyl groups is 1. The Morgan fingerprint density at radius 3 is 2.50 bits per heavy atom. The minimum Gasteiger partial charge on any atom is -0.461 e. The van der Waals surface area contributed by atoms with Gasteiger partial charge in [-0.3, -0.25) is 4.79 Å². The lowest BCUT2D eigenvalue weighted by atomic mass is 9.80. The zero-order valence-corrected chi connectivity index (χ0v) is 19.0. The molecule has 0 bridgehead atoms. The van der Waals surface area contributed by atoms with Crippen LogP contribution in [0.4, 0.5) is 13.2 Å². The average molecular weight is 459 g/mol. The molecule has 2 unspecified atom stereocenters. The van der Waals surface area contributed by atoms with Gasteiger partial charge in [0.2, 0.25) is 0 Å². The molecular formula is C24H33F3O5. The number of aliphatic hydroxyl groups excluding tert-OH is 1. The number of esters is 1. The van der Waals surface area contributed by atoms with Crippen molar-refractivity contribution in [2.75, 3.05) is 13.2 Å². The number of ether oxygens (including phenoxy) is 2. The number of rotatable bonds is 12. The number of allylic oxidation sites excluding steroid dienone is 5. The molecule has 0 heterocycles. The van der Waals surface area contributed by atoms with E-state index in [1.807, 2.05) is 6.08 Å². The molecule has 1 N–H and O–H groups in total. The molecule has 0 aromatic carbocycles. The van der Waals surface area contributed by atoms with E-state index in [2.05, 4.69) is 0 Å². The van der Waals surface area contributed by atoms with Crippen LogP contribution in [0, 0.1) is 11.3 Å². The number of carbonyl (C=O) groups excluding carboxylic acids is 2. The van der Waals surface area contributed by atoms with Crippen molar-refractivity contribution >= 4 is 11.8 Å². The first-order valence-corrected chi connectivity index (χ1v) is 10.6. The molecule has 0 amide bonds. The number of hydrogen-bond donors (Lipinski definition) is 1. The van der Waals surface area contributed by atoms with Gasteiger partial charge in [0, 0.05) is 16.9 Å². The molecule has 0 radical (unpaired) electrons. The van der Waals surface area contributed by atoms with Gasteiger partial charge in [-0.05, 0) is 32.8 Å². The van der Waals surface area contributed by atoms with E-state index in [0.29, 0.717) is 12.0 Å². The molecule has 1 rings (SSSR count). The lowest BCUT2D eigenvalue weighted by Crippen LogP contribution is -2.28. The third kappa shape index (κ3) is 10.9. The van der Waals surface area contributed by atoms with Crippen LogP contribution in [-0.4, -0.2) is 48.5 Å². The van der Waals surface area contributed by atoms with Gasteiger partial charge in [0.25, 0.3) is 0 Å². The maximum atomic E-state index is 12.3. The van der Waals surface area contributed by atoms with Crippen LogP contribution in [0.5, 0.6) is 0 Å². The summed E-state index contributed by atoms with van der Waals surface area (Å²) in [5.41, 5.74) is -0.263. The second-order valence-electron chi connectivity index (χ2n) is 8.55. The lowest BCUT2D eigenvalue weighted by molar-refractivity contribution is -0.152. The first-order chi connectivity index (χ1) is 14.8. The van der Waals surface area contributed by atoms with Gasteiger partial charge in [-0.1, -0.05) is 50.3 Å². The third-order valence-corrected chi connectivity index (χ3v) is 4.78. The molecule has 180 valence electrons. The van der Waals surface area contributed by atoms with Crippen molar-refractivity contribution < 1.29 is 37.3 Å². The van der Waals surface area contributed by atoms with E-state index in [9.17, 15) is 27.9 Å². The fraction of sp³-hybridized carbons (Fsp3) is 0.583. The highest BCUT2D eigenvalue weighted by atomic mass is 19.4. The Bertz CT molecular complexity index is 745. The van der Waals surface area contributed by atoms with E-state index < -0.39 is 30.1 Å². The smallest absolute Gasteiger partial charge is 0.392 e. The first-order valence-electron chi connectivity index (χ1n) is 10.6. The zero-order valence-electron chi connectivity index (χ0n) is 19.0. The Morgan fingerprint density at radius 1 is 1.19 bits per heavy atom. The second kappa shape index (κ2) is 12.7. The molecule has 1 aliphatic carbocycles. The molecule has 1 aliphatic rings. The van der Waals surface area contributed by atoms with Gasteiger partial charge < -0.3 is 14.6 Å². The van der Waals surface area contributed by atoms with Crippen molar-refractivity contribution in [3.8, 4) is 0 Å². The summed E-state index contributed by atoms with van der Waals surface area (Å²) in [5, 5.41) is 10.4. The Morgan fingerprint density at radius 2 is 1.88 bits per heavy atom. The SMILES string of the molecule is CC(C)OC(=O)COCC=CCC1C=CC(=O)C1=CC(C)(C)C(O)CC=CCC(F)(F)F. The summed E-state index contributed by atoms with van der Waals surface area (Å²) in [7, 11) is 0. The van der Waals surface area contributed by atoms with Crippen molar-refractivity contribution in [2.45, 2.75) is 65.3 Å². The zero-order chi connectivity index (χ0) is 24.4. The van der Waals surface area contributed by atoms with Crippen molar-refractivity contribution in [3.05, 3.63) is 48.1 Å². The van der Waals surface area contributed by atoms with Gasteiger partial charge in [0.15, 0.2) is 5.78 Å². The molecule has 0 saturated heterocycles. The molecule has 0 aliphatic heterocycles. The van der Waals surface area contributed by atoms with Crippen LogP contribution in [0.1, 0.15) is 47.0 Å². The monoisotopic (exact) mass is 458 g/mol. The van der Waals surface area contributed by atoms with Gasteiger partial charge in [-0.2, -0.15) is 13.2 Å². The Labute approximate surface area is 187 Å². The predicted octanol–water partition coefficient (Wildman–Crippen LogP) is 4.87. The number of alkyl halides is 3. The van der Waals surface area contributed by atoms with Crippen molar-refractivity contribution in [2.24, 2.45) is 11.3 Å². The molecule has 5 nitrogen and oxygen atoms in total. The average Bonchev–Trinajstić information content (AvgIpc) is 2.99. The molecular weight excluding hydrogens is 425 g/mol. The van der Waals surface area contributed by atoms with Crippen molar-refractivity contribution in [1.82, 2.24) is 0 Å². The fourth-order valence-corrected chi connectivity index (χ4v) is 3.03. The molecule has 2 atom stereocenters. The van der Waals surface area contributed by atoms with Gasteiger partial charge in [0.1, 0.15) is 6.61 Å². The summed E-state index contributed by atoms with van der Waals surface area (Å²) in [5.74, 6) is -0.752. The largest absolute Gasteiger partial charge is 0.461 e. The highest BCUT2D eigenvalue weighted by Crippen LogP contribution is 2.33. The summed E-state index contributed by atoms with van der Waals surface area (Å²) in [6.07, 6.45) is 5.00. The summed E-state index contributed by atoms with van der Waals surface area (Å²) < 4.78 is 46.8. The number of hydrogen-bond acceptors (Lipinski definition) is 5. The predicted molar refractivity (Wildman–Crippen MR) is 116 cm³/mol. The normalized spacial score (nSPS) is 19.7. The summed E-state index contributed by atoms with van der Waals surface area (Å²) in [4.78, 5) is 23.7. The van der Waals surface area contributed by atoms with E-state index >= 15 is 0 Å². The first kappa shape index (κ1) is 27.8. The van der Waals surface area contributed by atoms with E-state index in [-0.39, 0.29) is 37.4 Å². The highest BCUT2D eigenvalue weighted by Gasteiger charge is 2.30. The second-order valence-corrected chi connectivity index (χ2v) is 8.55.